The molecule has 0 unspecified atom stereocenters. The normalized spacial score (nSPS) is 12.1. The molecule has 4 N–H and O–H groups in total. The highest BCUT2D eigenvalue weighted by molar-refractivity contribution is 6.01. The van der Waals surface area contributed by atoms with Crippen LogP contribution in [0.3, 0.4) is 0 Å². The Balaban J connectivity index is 3.26. The Labute approximate surface area is 162 Å². The van der Waals surface area contributed by atoms with E-state index in [1.807, 2.05) is 6.07 Å². The molecule has 150 valence electrons. The van der Waals surface area contributed by atoms with Crippen LogP contribution in [0.5, 0.6) is 0 Å². The second-order valence-corrected chi connectivity index (χ2v) is 5.82. The van der Waals surface area contributed by atoms with Gasteiger partial charge in [0.25, 0.3) is 0 Å². The third kappa shape index (κ3) is 5.87. The van der Waals surface area contributed by atoms with Crippen molar-refractivity contribution >= 4 is 23.4 Å². The van der Waals surface area contributed by atoms with Crippen LogP contribution in [0.2, 0.25) is 0 Å². The summed E-state index contributed by atoms with van der Waals surface area (Å²) in [7, 11) is 1.27. The third-order valence-electron chi connectivity index (χ3n) is 3.68. The fourth-order valence-electron chi connectivity index (χ4n) is 2.33. The van der Waals surface area contributed by atoms with Crippen LogP contribution in [0.15, 0.2) is 46.2 Å². The first kappa shape index (κ1) is 22.8. The summed E-state index contributed by atoms with van der Waals surface area (Å²) in [5.41, 5.74) is 1.32. The quantitative estimate of drug-likeness (QED) is 0.314. The van der Waals surface area contributed by atoms with Crippen LogP contribution in [0.4, 0.5) is 24.5 Å². The summed E-state index contributed by atoms with van der Waals surface area (Å²) in [5.74, 6) is -0.0152. The summed E-state index contributed by atoms with van der Waals surface area (Å²) in [6, 6.07) is 7.06. The molecule has 0 saturated heterocycles. The lowest BCUT2D eigenvalue weighted by Crippen LogP contribution is -2.34. The first-order valence-electron chi connectivity index (χ1n) is 8.36. The van der Waals surface area contributed by atoms with Crippen LogP contribution < -0.4 is 16.0 Å². The fourth-order valence-corrected chi connectivity index (χ4v) is 2.33. The molecule has 0 aliphatic carbocycles. The molecule has 0 aliphatic rings. The Kier molecular flexibility index (Phi) is 8.26. The summed E-state index contributed by atoms with van der Waals surface area (Å²) in [6.07, 6.45) is -2.50. The van der Waals surface area contributed by atoms with Gasteiger partial charge in [-0.3, -0.25) is 4.99 Å². The fraction of sp³-hybridized carbons (Fsp3) is 0.316. The largest absolute Gasteiger partial charge is 0.419 e. The van der Waals surface area contributed by atoms with E-state index in [1.165, 1.54) is 14.0 Å². The molecule has 0 radical (unpaired) electrons. The summed E-state index contributed by atoms with van der Waals surface area (Å²) < 4.78 is 39.7. The molecule has 0 aromatic heterocycles. The molecular formula is C19H23F3N6. The van der Waals surface area contributed by atoms with Crippen LogP contribution in [0, 0.1) is 16.7 Å². The van der Waals surface area contributed by atoms with Crippen molar-refractivity contribution in [2.24, 2.45) is 4.99 Å². The molecule has 0 heterocycles. The number of benzene rings is 1. The Bertz CT molecular complexity index is 840. The zero-order valence-corrected chi connectivity index (χ0v) is 16.1. The minimum absolute atomic E-state index is 0.0565. The van der Waals surface area contributed by atoms with Gasteiger partial charge in [-0.25, -0.2) is 0 Å². The minimum atomic E-state index is -4.55. The van der Waals surface area contributed by atoms with E-state index >= 15 is 0 Å². The molecule has 1 aromatic rings. The van der Waals surface area contributed by atoms with Crippen molar-refractivity contribution < 1.29 is 13.2 Å². The van der Waals surface area contributed by atoms with E-state index in [2.05, 4.69) is 20.9 Å². The summed E-state index contributed by atoms with van der Waals surface area (Å²) in [4.78, 5) is 3.74. The van der Waals surface area contributed by atoms with Gasteiger partial charge in [0.15, 0.2) is 0 Å². The van der Waals surface area contributed by atoms with Crippen molar-refractivity contribution in [3.63, 3.8) is 0 Å². The Morgan fingerprint density at radius 1 is 1.29 bits per heavy atom. The molecule has 0 atom stereocenters. The number of nitrogens with zero attached hydrogens (tertiary/aromatic N) is 2. The predicted molar refractivity (Wildman–Crippen MR) is 107 cm³/mol. The number of nitrogens with one attached hydrogen (secondary N) is 4. The van der Waals surface area contributed by atoms with Crippen LogP contribution in [-0.4, -0.2) is 31.8 Å². The summed E-state index contributed by atoms with van der Waals surface area (Å²) in [5, 5.41) is 25.0. The zero-order valence-electron chi connectivity index (χ0n) is 16.1. The number of hydrogen-bond acceptors (Lipinski definition) is 5. The van der Waals surface area contributed by atoms with Gasteiger partial charge in [-0.2, -0.15) is 18.4 Å². The molecule has 0 fully saturated rings. The molecule has 0 aliphatic heterocycles. The maximum atomic E-state index is 13.2. The Morgan fingerprint density at radius 2 is 1.93 bits per heavy atom. The highest BCUT2D eigenvalue weighted by atomic mass is 19.4. The lowest BCUT2D eigenvalue weighted by Gasteiger charge is -2.21. The van der Waals surface area contributed by atoms with E-state index in [4.69, 9.17) is 10.7 Å². The molecule has 0 saturated carbocycles. The molecule has 0 amide bonds. The van der Waals surface area contributed by atoms with Gasteiger partial charge < -0.3 is 21.4 Å². The average molecular weight is 392 g/mol. The van der Waals surface area contributed by atoms with E-state index in [1.54, 1.807) is 32.0 Å². The molecule has 28 heavy (non-hydrogen) atoms. The van der Waals surface area contributed by atoms with Crippen molar-refractivity contribution in [2.45, 2.75) is 26.9 Å². The smallest absolute Gasteiger partial charge is 0.372 e. The number of nitriles is 1. The molecule has 0 spiro atoms. The zero-order chi connectivity index (χ0) is 21.3. The lowest BCUT2D eigenvalue weighted by molar-refractivity contribution is -0.0864. The maximum Gasteiger partial charge on any atom is 0.419 e. The summed E-state index contributed by atoms with van der Waals surface area (Å²) >= 11 is 0. The van der Waals surface area contributed by atoms with Crippen molar-refractivity contribution in [1.29, 1.82) is 10.7 Å². The number of alkyl halides is 3. The molecule has 6 nitrogen and oxygen atoms in total. The average Bonchev–Trinajstić information content (AvgIpc) is 2.63. The highest BCUT2D eigenvalue weighted by Gasteiger charge is 2.36. The van der Waals surface area contributed by atoms with Gasteiger partial charge in [-0.15, -0.1) is 0 Å². The first-order valence-corrected chi connectivity index (χ1v) is 8.36. The van der Waals surface area contributed by atoms with Crippen LogP contribution in [0.25, 0.3) is 0 Å². The third-order valence-corrected chi connectivity index (χ3v) is 3.68. The molecule has 1 aromatic carbocycles. The molecule has 1 rings (SSSR count). The van der Waals surface area contributed by atoms with Crippen molar-refractivity contribution in [3.8, 4) is 6.07 Å². The van der Waals surface area contributed by atoms with Gasteiger partial charge in [0.2, 0.25) is 0 Å². The number of anilines is 2. The van der Waals surface area contributed by atoms with Gasteiger partial charge >= 0.3 is 6.18 Å². The Morgan fingerprint density at radius 3 is 2.39 bits per heavy atom. The van der Waals surface area contributed by atoms with E-state index < -0.39 is 11.7 Å². The summed E-state index contributed by atoms with van der Waals surface area (Å²) in [6.45, 7) is 4.81. The van der Waals surface area contributed by atoms with Gasteiger partial charge in [0, 0.05) is 24.5 Å². The lowest BCUT2D eigenvalue weighted by atomic mass is 10.1. The van der Waals surface area contributed by atoms with E-state index in [0.717, 1.165) is 12.3 Å². The van der Waals surface area contributed by atoms with Crippen LogP contribution >= 0.6 is 0 Å². The van der Waals surface area contributed by atoms with Gasteiger partial charge in [0.1, 0.15) is 18.2 Å². The van der Waals surface area contributed by atoms with Gasteiger partial charge in [-0.05, 0) is 38.5 Å². The molecule has 0 bridgehead atoms. The van der Waals surface area contributed by atoms with Crippen molar-refractivity contribution in [2.75, 3.05) is 24.2 Å². The topological polar surface area (TPSA) is 96.1 Å². The van der Waals surface area contributed by atoms with Gasteiger partial charge in [0.05, 0.1) is 17.3 Å². The molecule has 9 heteroatoms. The number of rotatable bonds is 7. The van der Waals surface area contributed by atoms with Crippen molar-refractivity contribution in [1.82, 2.24) is 5.32 Å². The number of hydrogen-bond donors (Lipinski definition) is 4. The second kappa shape index (κ2) is 10.2. The van der Waals surface area contributed by atoms with Crippen LogP contribution in [-0.2, 0) is 0 Å². The second-order valence-electron chi connectivity index (χ2n) is 5.82. The van der Waals surface area contributed by atoms with Gasteiger partial charge in [-0.1, -0.05) is 12.1 Å². The number of allylic oxidation sites excluding steroid dienone is 2. The standard InChI is InChI=1S/C19H23F3N6/c1-5-14(19(20,21)22)18(25-4)28-17(12(2)3)27-16-8-6-7-15(13(16)11-24)26-10-9-23/h5-8,11,24,26-27H,10H2,1-4H3,(H,25,28)/b14-5+,24-11?. The monoisotopic (exact) mass is 392 g/mol. The Hall–Kier alpha value is -3.28. The number of amidine groups is 1. The minimum Gasteiger partial charge on any atom is -0.372 e. The van der Waals surface area contributed by atoms with E-state index in [-0.39, 0.29) is 12.4 Å². The van der Waals surface area contributed by atoms with E-state index in [0.29, 0.717) is 28.3 Å². The SMILES string of the molecule is C/C=C(\C(=NC)NC(Nc1cccc(NCC#N)c1C=N)=C(C)C)C(F)(F)F. The van der Waals surface area contributed by atoms with E-state index in [9.17, 15) is 13.2 Å². The van der Waals surface area contributed by atoms with Crippen LogP contribution in [0.1, 0.15) is 26.3 Å². The maximum absolute atomic E-state index is 13.2. The molecular weight excluding hydrogens is 369 g/mol. The number of aliphatic imine (C=N–C) groups is 1. The first-order chi connectivity index (χ1) is 13.2. The predicted octanol–water partition coefficient (Wildman–Crippen LogP) is 4.41. The highest BCUT2D eigenvalue weighted by Crippen LogP contribution is 2.27. The number of halogens is 3. The van der Waals surface area contributed by atoms with Crippen molar-refractivity contribution in [3.05, 3.63) is 46.8 Å².